The molecule has 0 amide bonds. The number of benzene rings is 1. The maximum atomic E-state index is 6.31. The van der Waals surface area contributed by atoms with E-state index in [1.807, 2.05) is 30.0 Å². The number of methoxy groups -OCH3 is 2. The molecular formula is C16H25NO2S. The molecule has 4 heteroatoms. The molecule has 1 fully saturated rings. The monoisotopic (exact) mass is 295 g/mol. The molecule has 1 saturated carbocycles. The van der Waals surface area contributed by atoms with E-state index >= 15 is 0 Å². The third kappa shape index (κ3) is 4.06. The standard InChI is InChI=1S/C16H25NO2S/c1-18-15-9-8-12(10-16(15)19-2)14(17)11-20-13-6-4-3-5-7-13/h8-10,13-14H,3-7,11,17H2,1-2H3. The van der Waals surface area contributed by atoms with Crippen LogP contribution in [-0.2, 0) is 0 Å². The molecule has 0 saturated heterocycles. The van der Waals surface area contributed by atoms with Crippen LogP contribution in [0.4, 0.5) is 0 Å². The minimum Gasteiger partial charge on any atom is -0.493 e. The van der Waals surface area contributed by atoms with Crippen LogP contribution in [-0.4, -0.2) is 25.2 Å². The minimum absolute atomic E-state index is 0.0572. The molecule has 1 aromatic rings. The molecule has 0 spiro atoms. The summed E-state index contributed by atoms with van der Waals surface area (Å²) in [5.74, 6) is 2.48. The number of hydrogen-bond acceptors (Lipinski definition) is 4. The zero-order valence-corrected chi connectivity index (χ0v) is 13.2. The van der Waals surface area contributed by atoms with Crippen LogP contribution in [0.25, 0.3) is 0 Å². The lowest BCUT2D eigenvalue weighted by Crippen LogP contribution is -2.17. The number of nitrogens with two attached hydrogens (primary N) is 1. The zero-order valence-electron chi connectivity index (χ0n) is 12.4. The third-order valence-electron chi connectivity index (χ3n) is 3.90. The molecule has 20 heavy (non-hydrogen) atoms. The van der Waals surface area contributed by atoms with Crippen molar-refractivity contribution < 1.29 is 9.47 Å². The molecule has 0 radical (unpaired) electrons. The fourth-order valence-electron chi connectivity index (χ4n) is 2.65. The first-order chi connectivity index (χ1) is 9.74. The van der Waals surface area contributed by atoms with Gasteiger partial charge in [-0.15, -0.1) is 0 Å². The van der Waals surface area contributed by atoms with E-state index in [2.05, 4.69) is 0 Å². The van der Waals surface area contributed by atoms with Gasteiger partial charge >= 0.3 is 0 Å². The van der Waals surface area contributed by atoms with Gasteiger partial charge in [0, 0.05) is 17.0 Å². The lowest BCUT2D eigenvalue weighted by molar-refractivity contribution is 0.354. The topological polar surface area (TPSA) is 44.5 Å². The Balaban J connectivity index is 1.92. The molecule has 0 aromatic heterocycles. The molecule has 2 rings (SSSR count). The van der Waals surface area contributed by atoms with Crippen LogP contribution in [0.15, 0.2) is 18.2 Å². The quantitative estimate of drug-likeness (QED) is 0.867. The maximum Gasteiger partial charge on any atom is 0.161 e. The largest absolute Gasteiger partial charge is 0.493 e. The van der Waals surface area contributed by atoms with Crippen LogP contribution in [0.3, 0.4) is 0 Å². The van der Waals surface area contributed by atoms with Gasteiger partial charge in [-0.25, -0.2) is 0 Å². The van der Waals surface area contributed by atoms with Crippen LogP contribution >= 0.6 is 11.8 Å². The summed E-state index contributed by atoms with van der Waals surface area (Å²) in [7, 11) is 3.31. The summed E-state index contributed by atoms with van der Waals surface area (Å²) in [6, 6.07) is 6.01. The van der Waals surface area contributed by atoms with Gasteiger partial charge in [-0.2, -0.15) is 11.8 Å². The first kappa shape index (κ1) is 15.5. The Morgan fingerprint density at radius 2 is 1.85 bits per heavy atom. The number of rotatable bonds is 6. The molecule has 2 N–H and O–H groups in total. The second kappa shape index (κ2) is 7.79. The van der Waals surface area contributed by atoms with E-state index in [-0.39, 0.29) is 6.04 Å². The van der Waals surface area contributed by atoms with E-state index in [9.17, 15) is 0 Å². The molecule has 1 aromatic carbocycles. The van der Waals surface area contributed by atoms with Crippen molar-refractivity contribution in [2.45, 2.75) is 43.4 Å². The average Bonchev–Trinajstić information content (AvgIpc) is 2.52. The van der Waals surface area contributed by atoms with E-state index in [4.69, 9.17) is 15.2 Å². The van der Waals surface area contributed by atoms with Crippen LogP contribution < -0.4 is 15.2 Å². The van der Waals surface area contributed by atoms with E-state index in [0.717, 1.165) is 28.1 Å². The normalized spacial score (nSPS) is 17.8. The van der Waals surface area contributed by atoms with Gasteiger partial charge in [0.05, 0.1) is 14.2 Å². The maximum absolute atomic E-state index is 6.31. The number of hydrogen-bond donors (Lipinski definition) is 1. The molecule has 3 nitrogen and oxygen atoms in total. The number of ether oxygens (including phenoxy) is 2. The van der Waals surface area contributed by atoms with Crippen molar-refractivity contribution in [3.05, 3.63) is 23.8 Å². The summed E-state index contributed by atoms with van der Waals surface area (Å²) in [4.78, 5) is 0. The van der Waals surface area contributed by atoms with Gasteiger partial charge in [-0.3, -0.25) is 0 Å². The van der Waals surface area contributed by atoms with Gasteiger partial charge in [-0.1, -0.05) is 25.3 Å². The summed E-state index contributed by atoms with van der Waals surface area (Å²) < 4.78 is 10.6. The predicted molar refractivity (Wildman–Crippen MR) is 85.8 cm³/mol. The molecule has 0 bridgehead atoms. The highest BCUT2D eigenvalue weighted by molar-refractivity contribution is 7.99. The Kier molecular flexibility index (Phi) is 6.05. The average molecular weight is 295 g/mol. The van der Waals surface area contributed by atoms with Gasteiger partial charge in [0.25, 0.3) is 0 Å². The molecule has 0 heterocycles. The smallest absolute Gasteiger partial charge is 0.161 e. The van der Waals surface area contributed by atoms with Gasteiger partial charge in [-0.05, 0) is 30.5 Å². The Morgan fingerprint density at radius 3 is 2.50 bits per heavy atom. The van der Waals surface area contributed by atoms with Crippen molar-refractivity contribution in [3.63, 3.8) is 0 Å². The van der Waals surface area contributed by atoms with Crippen molar-refractivity contribution in [1.82, 2.24) is 0 Å². The lowest BCUT2D eigenvalue weighted by Gasteiger charge is -2.23. The van der Waals surface area contributed by atoms with Gasteiger partial charge in [0.15, 0.2) is 11.5 Å². The third-order valence-corrected chi connectivity index (χ3v) is 5.39. The second-order valence-electron chi connectivity index (χ2n) is 5.31. The van der Waals surface area contributed by atoms with E-state index in [1.54, 1.807) is 14.2 Å². The first-order valence-corrected chi connectivity index (χ1v) is 8.38. The summed E-state index contributed by atoms with van der Waals surface area (Å²) in [5, 5.41) is 0.801. The summed E-state index contributed by atoms with van der Waals surface area (Å²) in [5.41, 5.74) is 7.43. The van der Waals surface area contributed by atoms with Gasteiger partial charge in [0.1, 0.15) is 0 Å². The number of thioether (sulfide) groups is 1. The van der Waals surface area contributed by atoms with Crippen molar-refractivity contribution in [2.24, 2.45) is 5.73 Å². The van der Waals surface area contributed by atoms with Gasteiger partial charge in [0.2, 0.25) is 0 Å². The lowest BCUT2D eigenvalue weighted by atomic mass is 10.0. The van der Waals surface area contributed by atoms with E-state index < -0.39 is 0 Å². The van der Waals surface area contributed by atoms with Crippen molar-refractivity contribution >= 4 is 11.8 Å². The Hall–Kier alpha value is -0.870. The minimum atomic E-state index is 0.0572. The molecule has 1 atom stereocenters. The molecular weight excluding hydrogens is 270 g/mol. The summed E-state index contributed by atoms with van der Waals surface area (Å²) >= 11 is 2.03. The predicted octanol–water partition coefficient (Wildman–Crippen LogP) is 3.77. The SMILES string of the molecule is COc1ccc(C(N)CSC2CCCCC2)cc1OC. The van der Waals surface area contributed by atoms with E-state index in [0.29, 0.717) is 0 Å². The highest BCUT2D eigenvalue weighted by Gasteiger charge is 2.16. The fraction of sp³-hybridized carbons (Fsp3) is 0.625. The van der Waals surface area contributed by atoms with E-state index in [1.165, 1.54) is 32.1 Å². The van der Waals surface area contributed by atoms with Gasteiger partial charge < -0.3 is 15.2 Å². The Morgan fingerprint density at radius 1 is 1.15 bits per heavy atom. The first-order valence-electron chi connectivity index (χ1n) is 7.33. The molecule has 1 aliphatic carbocycles. The Bertz CT molecular complexity index is 419. The van der Waals surface area contributed by atoms with Crippen LogP contribution in [0.5, 0.6) is 11.5 Å². The molecule has 112 valence electrons. The van der Waals surface area contributed by atoms with Crippen LogP contribution in [0.2, 0.25) is 0 Å². The van der Waals surface area contributed by atoms with Crippen LogP contribution in [0.1, 0.15) is 43.7 Å². The summed E-state index contributed by atoms with van der Waals surface area (Å²) in [6.45, 7) is 0. The highest BCUT2D eigenvalue weighted by Crippen LogP contribution is 2.33. The Labute approximate surface area is 126 Å². The highest BCUT2D eigenvalue weighted by atomic mass is 32.2. The van der Waals surface area contributed by atoms with Crippen molar-refractivity contribution in [2.75, 3.05) is 20.0 Å². The zero-order chi connectivity index (χ0) is 14.4. The van der Waals surface area contributed by atoms with Crippen molar-refractivity contribution in [3.8, 4) is 11.5 Å². The molecule has 0 aliphatic heterocycles. The second-order valence-corrected chi connectivity index (χ2v) is 6.65. The van der Waals surface area contributed by atoms with Crippen LogP contribution in [0, 0.1) is 0 Å². The van der Waals surface area contributed by atoms with Crippen molar-refractivity contribution in [1.29, 1.82) is 0 Å². The fourth-order valence-corrected chi connectivity index (χ4v) is 3.99. The summed E-state index contributed by atoms with van der Waals surface area (Å²) in [6.07, 6.45) is 6.86. The molecule has 1 unspecified atom stereocenters. The molecule has 1 aliphatic rings.